The molecule has 1 saturated heterocycles. The van der Waals surface area contributed by atoms with E-state index in [0.29, 0.717) is 12.8 Å². The summed E-state index contributed by atoms with van der Waals surface area (Å²) in [4.78, 5) is 33.8. The average Bonchev–Trinajstić information content (AvgIpc) is 2.84. The number of hydrogen-bond acceptors (Lipinski definition) is 4. The number of piperidine rings is 1. The zero-order valence-electron chi connectivity index (χ0n) is 14.8. The highest BCUT2D eigenvalue weighted by atomic mass is 32.1. The molecular weight excluding hydrogens is 310 g/mol. The molecule has 1 aromatic rings. The van der Waals surface area contributed by atoms with Gasteiger partial charge in [0, 0.05) is 37.4 Å². The number of hydrogen-bond donors (Lipinski definition) is 0. The molecule has 6 heteroatoms. The van der Waals surface area contributed by atoms with Gasteiger partial charge in [0.1, 0.15) is 0 Å². The smallest absolute Gasteiger partial charge is 0.224 e. The van der Waals surface area contributed by atoms with Gasteiger partial charge < -0.3 is 9.80 Å². The molecule has 0 spiro atoms. The van der Waals surface area contributed by atoms with Crippen LogP contribution in [0.3, 0.4) is 0 Å². The molecule has 2 rings (SSSR count). The number of thiazole rings is 1. The van der Waals surface area contributed by atoms with E-state index in [1.807, 2.05) is 39.6 Å². The number of rotatable bonds is 5. The quantitative estimate of drug-likeness (QED) is 0.830. The van der Waals surface area contributed by atoms with Crippen molar-refractivity contribution >= 4 is 23.2 Å². The van der Waals surface area contributed by atoms with Crippen molar-refractivity contribution in [2.75, 3.05) is 13.6 Å². The average molecular weight is 337 g/mol. The van der Waals surface area contributed by atoms with Crippen LogP contribution in [0.1, 0.15) is 61.2 Å². The molecule has 128 valence electrons. The molecule has 0 N–H and O–H groups in total. The third-order valence-corrected chi connectivity index (χ3v) is 5.90. The number of likely N-dealkylation sites (tertiary alicyclic amines) is 1. The van der Waals surface area contributed by atoms with E-state index < -0.39 is 0 Å². The maximum atomic E-state index is 12.6. The van der Waals surface area contributed by atoms with Crippen molar-refractivity contribution in [1.82, 2.24) is 14.8 Å². The van der Waals surface area contributed by atoms with E-state index in [9.17, 15) is 9.59 Å². The molecule has 1 aliphatic heterocycles. The van der Waals surface area contributed by atoms with Crippen molar-refractivity contribution in [2.45, 2.75) is 65.5 Å². The van der Waals surface area contributed by atoms with E-state index in [-0.39, 0.29) is 23.9 Å². The molecule has 0 bridgehead atoms. The van der Waals surface area contributed by atoms with Crippen LogP contribution in [0.25, 0.3) is 0 Å². The van der Waals surface area contributed by atoms with Crippen LogP contribution in [0.2, 0.25) is 0 Å². The maximum absolute atomic E-state index is 12.6. The van der Waals surface area contributed by atoms with E-state index in [1.54, 1.807) is 16.2 Å². The maximum Gasteiger partial charge on any atom is 0.224 e. The molecule has 2 atom stereocenters. The van der Waals surface area contributed by atoms with Gasteiger partial charge in [-0.05, 0) is 40.5 Å². The Morgan fingerprint density at radius 3 is 2.61 bits per heavy atom. The summed E-state index contributed by atoms with van der Waals surface area (Å²) < 4.78 is 0. The van der Waals surface area contributed by atoms with Crippen LogP contribution >= 0.6 is 11.3 Å². The molecule has 2 heterocycles. The lowest BCUT2D eigenvalue weighted by molar-refractivity contribution is -0.138. The second kappa shape index (κ2) is 7.43. The third kappa shape index (κ3) is 4.10. The van der Waals surface area contributed by atoms with Gasteiger partial charge in [0.2, 0.25) is 11.8 Å². The van der Waals surface area contributed by atoms with Crippen LogP contribution in [0.5, 0.6) is 0 Å². The topological polar surface area (TPSA) is 53.5 Å². The van der Waals surface area contributed by atoms with Gasteiger partial charge in [-0.3, -0.25) is 9.59 Å². The van der Waals surface area contributed by atoms with Gasteiger partial charge in [0.05, 0.1) is 16.7 Å². The number of aromatic nitrogens is 1. The Kier molecular flexibility index (Phi) is 5.79. The summed E-state index contributed by atoms with van der Waals surface area (Å²) >= 11 is 1.65. The first kappa shape index (κ1) is 17.9. The zero-order valence-corrected chi connectivity index (χ0v) is 15.6. The number of nitrogens with zero attached hydrogens (tertiary/aromatic N) is 3. The predicted octanol–water partition coefficient (Wildman–Crippen LogP) is 3.07. The molecule has 0 saturated carbocycles. The molecule has 0 radical (unpaired) electrons. The van der Waals surface area contributed by atoms with E-state index in [0.717, 1.165) is 35.0 Å². The van der Waals surface area contributed by atoms with Crippen molar-refractivity contribution in [3.05, 3.63) is 15.6 Å². The Balaban J connectivity index is 1.99. The fourth-order valence-corrected chi connectivity index (χ4v) is 4.15. The number of carbonyl (C=O) groups excluding carboxylic acids is 2. The first-order valence-corrected chi connectivity index (χ1v) is 9.12. The predicted molar refractivity (Wildman–Crippen MR) is 92.4 cm³/mol. The molecule has 5 nitrogen and oxygen atoms in total. The normalized spacial score (nSPS) is 18.0. The van der Waals surface area contributed by atoms with Gasteiger partial charge in [0.15, 0.2) is 0 Å². The number of amides is 2. The van der Waals surface area contributed by atoms with E-state index in [4.69, 9.17) is 0 Å². The van der Waals surface area contributed by atoms with Crippen LogP contribution < -0.4 is 0 Å². The van der Waals surface area contributed by atoms with Gasteiger partial charge in [-0.25, -0.2) is 4.98 Å². The summed E-state index contributed by atoms with van der Waals surface area (Å²) in [6, 6.07) is -0.0211. The van der Waals surface area contributed by atoms with Crippen LogP contribution in [-0.4, -0.2) is 46.2 Å². The number of carbonyl (C=O) groups is 2. The van der Waals surface area contributed by atoms with Gasteiger partial charge in [-0.1, -0.05) is 0 Å². The summed E-state index contributed by atoms with van der Waals surface area (Å²) in [6.07, 6.45) is 3.00. The molecule has 0 unspecified atom stereocenters. The van der Waals surface area contributed by atoms with E-state index in [1.165, 1.54) is 0 Å². The monoisotopic (exact) mass is 337 g/mol. The zero-order chi connectivity index (χ0) is 17.1. The molecule has 23 heavy (non-hydrogen) atoms. The number of aryl methyl sites for hydroxylation is 2. The van der Waals surface area contributed by atoms with E-state index in [2.05, 4.69) is 4.98 Å². The van der Waals surface area contributed by atoms with Crippen LogP contribution in [0.4, 0.5) is 0 Å². The first-order valence-electron chi connectivity index (χ1n) is 8.30. The molecule has 1 aromatic heterocycles. The lowest BCUT2D eigenvalue weighted by Gasteiger charge is -2.34. The highest BCUT2D eigenvalue weighted by Gasteiger charge is 2.27. The van der Waals surface area contributed by atoms with Gasteiger partial charge in [-0.15, -0.1) is 11.3 Å². The fraction of sp³-hybridized carbons (Fsp3) is 0.706. The third-order valence-electron chi connectivity index (χ3n) is 4.66. The Morgan fingerprint density at radius 1 is 1.35 bits per heavy atom. The molecule has 0 aromatic carbocycles. The minimum atomic E-state index is -0.0331. The molecule has 2 amide bonds. The summed E-state index contributed by atoms with van der Waals surface area (Å²) in [6.45, 7) is 8.76. The van der Waals surface area contributed by atoms with Gasteiger partial charge in [0.25, 0.3) is 0 Å². The minimum Gasteiger partial charge on any atom is -0.339 e. The van der Waals surface area contributed by atoms with Crippen LogP contribution in [0.15, 0.2) is 0 Å². The first-order chi connectivity index (χ1) is 10.8. The SMILES string of the molecule is Cc1nc(C)c([C@@H](C)N(C)C(=O)C[C@@H](C)N2CCCCC2=O)s1. The lowest BCUT2D eigenvalue weighted by atomic mass is 10.1. The summed E-state index contributed by atoms with van der Waals surface area (Å²) in [5.41, 5.74) is 0.999. The van der Waals surface area contributed by atoms with Gasteiger partial charge >= 0.3 is 0 Å². The van der Waals surface area contributed by atoms with Crippen LogP contribution in [0, 0.1) is 13.8 Å². The molecule has 0 aliphatic carbocycles. The standard InChI is InChI=1S/C17H27N3O2S/c1-11(20-9-7-6-8-15(20)21)10-16(22)19(5)13(3)17-12(2)18-14(4)23-17/h11,13H,6-10H2,1-5H3/t11-,13-/m1/s1. The van der Waals surface area contributed by atoms with Crippen molar-refractivity contribution < 1.29 is 9.59 Å². The molecule has 1 aliphatic rings. The van der Waals surface area contributed by atoms with Crippen molar-refractivity contribution in [3.8, 4) is 0 Å². The largest absolute Gasteiger partial charge is 0.339 e. The second-order valence-electron chi connectivity index (χ2n) is 6.46. The van der Waals surface area contributed by atoms with Gasteiger partial charge in [-0.2, -0.15) is 0 Å². The molecular formula is C17H27N3O2S. The highest BCUT2D eigenvalue weighted by molar-refractivity contribution is 7.11. The summed E-state index contributed by atoms with van der Waals surface area (Å²) in [5.74, 6) is 0.259. The van der Waals surface area contributed by atoms with Crippen molar-refractivity contribution in [3.63, 3.8) is 0 Å². The fourth-order valence-electron chi connectivity index (χ4n) is 3.13. The van der Waals surface area contributed by atoms with Crippen molar-refractivity contribution in [1.29, 1.82) is 0 Å². The summed E-state index contributed by atoms with van der Waals surface area (Å²) in [5, 5.41) is 1.03. The lowest BCUT2D eigenvalue weighted by Crippen LogP contribution is -2.44. The minimum absolute atomic E-state index is 0.0120. The van der Waals surface area contributed by atoms with Crippen LogP contribution in [-0.2, 0) is 9.59 Å². The Bertz CT molecular complexity index is 584. The second-order valence-corrected chi connectivity index (χ2v) is 7.70. The van der Waals surface area contributed by atoms with E-state index >= 15 is 0 Å². The van der Waals surface area contributed by atoms with Crippen molar-refractivity contribution in [2.24, 2.45) is 0 Å². The summed E-state index contributed by atoms with van der Waals surface area (Å²) in [7, 11) is 1.84. The molecule has 1 fully saturated rings. The Labute approximate surface area is 142 Å². The highest BCUT2D eigenvalue weighted by Crippen LogP contribution is 2.29. The Morgan fingerprint density at radius 2 is 2.04 bits per heavy atom. The Hall–Kier alpha value is -1.43.